The fourth-order valence-corrected chi connectivity index (χ4v) is 3.46. The molecule has 1 saturated carbocycles. The van der Waals surface area contributed by atoms with Gasteiger partial charge < -0.3 is 5.32 Å². The highest BCUT2D eigenvalue weighted by atomic mass is 79.9. The third-order valence-electron chi connectivity index (χ3n) is 3.00. The molecule has 0 saturated heterocycles. The minimum absolute atomic E-state index is 0.244. The molecule has 1 heterocycles. The molecule has 0 aromatic heterocycles. The van der Waals surface area contributed by atoms with Gasteiger partial charge >= 0.3 is 0 Å². The molecule has 3 rings (SSSR count). The third kappa shape index (κ3) is 2.65. The van der Waals surface area contributed by atoms with E-state index in [4.69, 9.17) is 0 Å². The van der Waals surface area contributed by atoms with Crippen molar-refractivity contribution >= 4 is 38.5 Å². The summed E-state index contributed by atoms with van der Waals surface area (Å²) < 4.78 is 14.4. The van der Waals surface area contributed by atoms with Crippen molar-refractivity contribution < 1.29 is 4.39 Å². The average Bonchev–Trinajstić information content (AvgIpc) is 3.05. The zero-order valence-electron chi connectivity index (χ0n) is 9.12. The molecular formula is C12H12BrFN2S. The quantitative estimate of drug-likeness (QED) is 0.895. The largest absolute Gasteiger partial charge is 0.333 e. The van der Waals surface area contributed by atoms with Crippen LogP contribution in [0.5, 0.6) is 0 Å². The van der Waals surface area contributed by atoms with Crippen LogP contribution in [-0.4, -0.2) is 17.0 Å². The molecule has 1 fully saturated rings. The van der Waals surface area contributed by atoms with Crippen LogP contribution in [0.4, 0.5) is 10.1 Å². The molecule has 1 unspecified atom stereocenters. The van der Waals surface area contributed by atoms with Crippen LogP contribution in [0.1, 0.15) is 12.8 Å². The maximum atomic E-state index is 13.5. The minimum Gasteiger partial charge on any atom is -0.333 e. The predicted octanol–water partition coefficient (Wildman–Crippen LogP) is 3.88. The highest BCUT2D eigenvalue weighted by Gasteiger charge is 2.35. The highest BCUT2D eigenvalue weighted by molar-refractivity contribution is 9.10. The van der Waals surface area contributed by atoms with E-state index in [-0.39, 0.29) is 5.82 Å². The number of nitrogens with one attached hydrogen (secondary N) is 1. The lowest BCUT2D eigenvalue weighted by atomic mass is 10.3. The van der Waals surface area contributed by atoms with Gasteiger partial charge in [0.2, 0.25) is 0 Å². The first-order valence-electron chi connectivity index (χ1n) is 5.65. The smallest absolute Gasteiger partial charge is 0.161 e. The van der Waals surface area contributed by atoms with Gasteiger partial charge in [0.05, 0.1) is 12.2 Å². The third-order valence-corrected chi connectivity index (χ3v) is 4.78. The summed E-state index contributed by atoms with van der Waals surface area (Å²) in [4.78, 5) is 4.43. The van der Waals surface area contributed by atoms with E-state index in [9.17, 15) is 4.39 Å². The van der Waals surface area contributed by atoms with E-state index in [2.05, 4.69) is 26.2 Å². The normalized spacial score (nSPS) is 23.6. The zero-order valence-corrected chi connectivity index (χ0v) is 11.5. The Labute approximate surface area is 112 Å². The van der Waals surface area contributed by atoms with Crippen LogP contribution >= 0.6 is 27.7 Å². The fourth-order valence-electron chi connectivity index (χ4n) is 1.88. The molecule has 1 aromatic carbocycles. The first kappa shape index (κ1) is 11.5. The highest BCUT2D eigenvalue weighted by Crippen LogP contribution is 2.42. The van der Waals surface area contributed by atoms with Crippen molar-refractivity contribution in [1.29, 1.82) is 0 Å². The van der Waals surface area contributed by atoms with Crippen molar-refractivity contribution in [2.75, 3.05) is 11.9 Å². The monoisotopic (exact) mass is 314 g/mol. The lowest BCUT2D eigenvalue weighted by molar-refractivity contribution is 0.632. The van der Waals surface area contributed by atoms with E-state index in [1.807, 2.05) is 0 Å². The van der Waals surface area contributed by atoms with E-state index in [1.54, 1.807) is 23.9 Å². The molecule has 0 bridgehead atoms. The van der Waals surface area contributed by atoms with Crippen molar-refractivity contribution in [2.24, 2.45) is 10.9 Å². The Kier molecular flexibility index (Phi) is 3.13. The summed E-state index contributed by atoms with van der Waals surface area (Å²) in [5.74, 6) is 0.585. The van der Waals surface area contributed by atoms with Crippen LogP contribution in [-0.2, 0) is 0 Å². The number of hydrogen-bond donors (Lipinski definition) is 1. The molecule has 2 nitrogen and oxygen atoms in total. The molecule has 0 amide bonds. The van der Waals surface area contributed by atoms with E-state index in [0.29, 0.717) is 10.9 Å². The standard InChI is InChI=1S/C12H12BrFN2S/c13-8-3-4-9(14)10(5-8)16-12-15-6-11(17-12)7-1-2-7/h3-5,7,11H,1-2,6H2,(H,15,16). The Bertz CT molecular complexity index is 474. The number of nitrogens with zero attached hydrogens (tertiary/aromatic N) is 1. The van der Waals surface area contributed by atoms with Gasteiger partial charge in [-0.2, -0.15) is 0 Å². The summed E-state index contributed by atoms with van der Waals surface area (Å²) in [5.41, 5.74) is 0.488. The maximum Gasteiger partial charge on any atom is 0.161 e. The van der Waals surface area contributed by atoms with Crippen molar-refractivity contribution in [2.45, 2.75) is 18.1 Å². The van der Waals surface area contributed by atoms with Crippen LogP contribution < -0.4 is 5.32 Å². The number of aliphatic imine (C=N–C) groups is 1. The maximum absolute atomic E-state index is 13.5. The van der Waals surface area contributed by atoms with Crippen LogP contribution in [0.3, 0.4) is 0 Å². The number of amidine groups is 1. The molecule has 1 aromatic rings. The van der Waals surface area contributed by atoms with Gasteiger partial charge in [0, 0.05) is 9.72 Å². The molecule has 5 heteroatoms. The number of rotatable bonds is 2. The Balaban J connectivity index is 1.68. The van der Waals surface area contributed by atoms with E-state index >= 15 is 0 Å². The van der Waals surface area contributed by atoms with Gasteiger partial charge in [-0.25, -0.2) is 4.39 Å². The van der Waals surface area contributed by atoms with Crippen molar-refractivity contribution in [1.82, 2.24) is 0 Å². The molecule has 17 heavy (non-hydrogen) atoms. The molecule has 90 valence electrons. The van der Waals surface area contributed by atoms with Crippen LogP contribution in [0.25, 0.3) is 0 Å². The van der Waals surface area contributed by atoms with Gasteiger partial charge in [0.25, 0.3) is 0 Å². The molecule has 1 aliphatic carbocycles. The van der Waals surface area contributed by atoms with Gasteiger partial charge in [-0.05, 0) is 37.0 Å². The summed E-state index contributed by atoms with van der Waals surface area (Å²) >= 11 is 5.09. The number of benzene rings is 1. The summed E-state index contributed by atoms with van der Waals surface area (Å²) in [6.07, 6.45) is 2.65. The number of thioether (sulfide) groups is 1. The molecule has 1 N–H and O–H groups in total. The fraction of sp³-hybridized carbons (Fsp3) is 0.417. The first-order chi connectivity index (χ1) is 8.22. The van der Waals surface area contributed by atoms with Gasteiger partial charge in [-0.3, -0.25) is 4.99 Å². The van der Waals surface area contributed by atoms with Gasteiger partial charge in [-0.15, -0.1) is 0 Å². The molecule has 0 radical (unpaired) electrons. The van der Waals surface area contributed by atoms with Crippen molar-refractivity contribution in [3.8, 4) is 0 Å². The Morgan fingerprint density at radius 3 is 3.00 bits per heavy atom. The minimum atomic E-state index is -0.244. The Hall–Kier alpha value is -0.550. The predicted molar refractivity (Wildman–Crippen MR) is 74.1 cm³/mol. The molecule has 1 aliphatic heterocycles. The van der Waals surface area contributed by atoms with E-state index in [0.717, 1.165) is 22.1 Å². The summed E-state index contributed by atoms with van der Waals surface area (Å²) in [6.45, 7) is 0.868. The van der Waals surface area contributed by atoms with E-state index < -0.39 is 0 Å². The summed E-state index contributed by atoms with van der Waals surface area (Å²) in [5, 5.41) is 4.52. The lowest BCUT2D eigenvalue weighted by Gasteiger charge is -2.08. The second-order valence-electron chi connectivity index (χ2n) is 4.39. The Morgan fingerprint density at radius 2 is 2.24 bits per heavy atom. The van der Waals surface area contributed by atoms with Crippen LogP contribution in [0.2, 0.25) is 0 Å². The van der Waals surface area contributed by atoms with Crippen LogP contribution in [0, 0.1) is 11.7 Å². The van der Waals surface area contributed by atoms with E-state index in [1.165, 1.54) is 18.9 Å². The van der Waals surface area contributed by atoms with Crippen molar-refractivity contribution in [3.63, 3.8) is 0 Å². The number of anilines is 1. The Morgan fingerprint density at radius 1 is 1.41 bits per heavy atom. The second kappa shape index (κ2) is 4.61. The van der Waals surface area contributed by atoms with Crippen molar-refractivity contribution in [3.05, 3.63) is 28.5 Å². The number of halogens is 2. The zero-order chi connectivity index (χ0) is 11.8. The molecule has 2 aliphatic rings. The SMILES string of the molecule is Fc1ccc(Br)cc1NC1=NCC(C2CC2)S1. The van der Waals surface area contributed by atoms with Crippen LogP contribution in [0.15, 0.2) is 27.7 Å². The van der Waals surface area contributed by atoms with Gasteiger partial charge in [-0.1, -0.05) is 27.7 Å². The molecule has 0 spiro atoms. The molecule has 1 atom stereocenters. The lowest BCUT2D eigenvalue weighted by Crippen LogP contribution is -2.09. The number of hydrogen-bond acceptors (Lipinski definition) is 3. The molecular weight excluding hydrogens is 303 g/mol. The topological polar surface area (TPSA) is 24.4 Å². The summed E-state index contributed by atoms with van der Waals surface area (Å²) in [6, 6.07) is 4.88. The van der Waals surface area contributed by atoms with Gasteiger partial charge in [0.1, 0.15) is 5.82 Å². The van der Waals surface area contributed by atoms with Gasteiger partial charge in [0.15, 0.2) is 5.17 Å². The second-order valence-corrected chi connectivity index (χ2v) is 6.53. The summed E-state index contributed by atoms with van der Waals surface area (Å²) in [7, 11) is 0. The average molecular weight is 315 g/mol. The first-order valence-corrected chi connectivity index (χ1v) is 7.33.